The minimum atomic E-state index is 0.290. The van der Waals surface area contributed by atoms with Gasteiger partial charge in [0, 0.05) is 17.4 Å². The Morgan fingerprint density at radius 1 is 1.41 bits per heavy atom. The molecule has 0 radical (unpaired) electrons. The van der Waals surface area contributed by atoms with Gasteiger partial charge in [0.2, 0.25) is 0 Å². The van der Waals surface area contributed by atoms with Gasteiger partial charge in [-0.05, 0) is 22.0 Å². The summed E-state index contributed by atoms with van der Waals surface area (Å²) in [4.78, 5) is 4.36. The number of para-hydroxylation sites is 1. The smallest absolute Gasteiger partial charge is 0.184 e. The molecule has 3 nitrogen and oxygen atoms in total. The molecule has 17 heavy (non-hydrogen) atoms. The monoisotopic (exact) mass is 310 g/mol. The molecule has 2 aromatic rings. The van der Waals surface area contributed by atoms with Gasteiger partial charge in [0.1, 0.15) is 10.4 Å². The van der Waals surface area contributed by atoms with Crippen molar-refractivity contribution in [1.82, 2.24) is 4.98 Å². The van der Waals surface area contributed by atoms with Crippen LogP contribution in [0.2, 0.25) is 0 Å². The van der Waals surface area contributed by atoms with Crippen LogP contribution in [0.3, 0.4) is 0 Å². The summed E-state index contributed by atoms with van der Waals surface area (Å²) >= 11 is 4.97. The van der Waals surface area contributed by atoms with E-state index in [9.17, 15) is 0 Å². The lowest BCUT2D eigenvalue weighted by molar-refractivity contribution is 0.274. The first-order valence-electron chi connectivity index (χ1n) is 5.42. The molecule has 2 heterocycles. The van der Waals surface area contributed by atoms with E-state index in [4.69, 9.17) is 4.74 Å². The molecule has 0 saturated carbocycles. The van der Waals surface area contributed by atoms with Crippen LogP contribution < -0.4 is 10.1 Å². The number of ether oxygens (including phenoxy) is 1. The van der Waals surface area contributed by atoms with Crippen molar-refractivity contribution in [3.63, 3.8) is 0 Å². The van der Waals surface area contributed by atoms with E-state index in [0.29, 0.717) is 0 Å². The number of anilines is 1. The number of nitrogens with one attached hydrogen (secondary N) is 1. The van der Waals surface area contributed by atoms with Gasteiger partial charge in [0.05, 0.1) is 12.6 Å². The highest BCUT2D eigenvalue weighted by atomic mass is 79.9. The average molecular weight is 311 g/mol. The summed E-state index contributed by atoms with van der Waals surface area (Å²) < 4.78 is 6.51. The van der Waals surface area contributed by atoms with E-state index in [2.05, 4.69) is 32.3 Å². The van der Waals surface area contributed by atoms with Crippen LogP contribution in [0.1, 0.15) is 18.0 Å². The van der Waals surface area contributed by atoms with Gasteiger partial charge < -0.3 is 10.1 Å². The summed E-state index contributed by atoms with van der Waals surface area (Å²) in [6, 6.07) is 8.45. The Morgan fingerprint density at radius 2 is 2.29 bits per heavy atom. The molecule has 1 aliphatic rings. The molecular weight excluding hydrogens is 300 g/mol. The highest BCUT2D eigenvalue weighted by molar-refractivity contribution is 9.10. The molecule has 1 unspecified atom stereocenters. The predicted octanol–water partition coefficient (Wildman–Crippen LogP) is 3.84. The van der Waals surface area contributed by atoms with E-state index in [1.165, 1.54) is 5.56 Å². The Morgan fingerprint density at radius 3 is 3.12 bits per heavy atom. The minimum Gasteiger partial charge on any atom is -0.493 e. The number of rotatable bonds is 2. The van der Waals surface area contributed by atoms with Crippen molar-refractivity contribution in [3.8, 4) is 5.75 Å². The fourth-order valence-electron chi connectivity index (χ4n) is 1.96. The van der Waals surface area contributed by atoms with Crippen LogP contribution in [0.15, 0.2) is 34.2 Å². The summed E-state index contributed by atoms with van der Waals surface area (Å²) in [6.45, 7) is 0.751. The summed E-state index contributed by atoms with van der Waals surface area (Å²) in [7, 11) is 0. The molecule has 1 atom stereocenters. The molecule has 1 aliphatic heterocycles. The number of hydrogen-bond donors (Lipinski definition) is 1. The van der Waals surface area contributed by atoms with E-state index >= 15 is 0 Å². The summed E-state index contributed by atoms with van der Waals surface area (Å²) in [5, 5.41) is 6.38. The lowest BCUT2D eigenvalue weighted by Crippen LogP contribution is -2.20. The van der Waals surface area contributed by atoms with Gasteiger partial charge in [-0.1, -0.05) is 18.2 Å². The molecule has 1 N–H and O–H groups in total. The third-order valence-corrected chi connectivity index (χ3v) is 4.22. The standard InChI is InChI=1S/C12H11BrN2OS/c13-11-7-17-12(15-11)14-9-5-6-16-10-4-2-1-3-8(9)10/h1-4,7,9H,5-6H2,(H,14,15). The maximum atomic E-state index is 5.63. The van der Waals surface area contributed by atoms with Gasteiger partial charge in [0.15, 0.2) is 5.13 Å². The summed E-state index contributed by atoms with van der Waals surface area (Å²) in [5.74, 6) is 0.979. The average Bonchev–Trinajstić information content (AvgIpc) is 2.75. The van der Waals surface area contributed by atoms with Crippen molar-refractivity contribution in [3.05, 3.63) is 39.8 Å². The minimum absolute atomic E-state index is 0.290. The largest absolute Gasteiger partial charge is 0.493 e. The number of fused-ring (bicyclic) bond motifs is 1. The van der Waals surface area contributed by atoms with Gasteiger partial charge in [-0.3, -0.25) is 0 Å². The lowest BCUT2D eigenvalue weighted by atomic mass is 10.0. The second-order valence-electron chi connectivity index (χ2n) is 3.85. The number of aromatic nitrogens is 1. The quantitative estimate of drug-likeness (QED) is 0.915. The van der Waals surface area contributed by atoms with Crippen LogP contribution in [0.25, 0.3) is 0 Å². The van der Waals surface area contributed by atoms with E-state index in [-0.39, 0.29) is 6.04 Å². The van der Waals surface area contributed by atoms with Crippen molar-refractivity contribution < 1.29 is 4.74 Å². The van der Waals surface area contributed by atoms with Gasteiger partial charge in [-0.15, -0.1) is 11.3 Å². The normalized spacial score (nSPS) is 18.3. The van der Waals surface area contributed by atoms with E-state index in [1.54, 1.807) is 11.3 Å². The van der Waals surface area contributed by atoms with E-state index in [1.807, 2.05) is 23.6 Å². The molecule has 88 valence electrons. The zero-order chi connectivity index (χ0) is 11.7. The Kier molecular flexibility index (Phi) is 3.03. The Balaban J connectivity index is 1.85. The number of halogens is 1. The fourth-order valence-corrected chi connectivity index (χ4v) is 3.16. The van der Waals surface area contributed by atoms with Crippen molar-refractivity contribution in [2.24, 2.45) is 0 Å². The molecule has 3 rings (SSSR count). The Hall–Kier alpha value is -1.07. The molecule has 0 spiro atoms. The number of benzene rings is 1. The van der Waals surface area contributed by atoms with Gasteiger partial charge in [-0.2, -0.15) is 0 Å². The lowest BCUT2D eigenvalue weighted by Gasteiger charge is -2.26. The second kappa shape index (κ2) is 4.66. The molecule has 1 aromatic carbocycles. The Labute approximate surface area is 112 Å². The predicted molar refractivity (Wildman–Crippen MR) is 72.7 cm³/mol. The molecule has 0 saturated heterocycles. The van der Waals surface area contributed by atoms with Crippen LogP contribution in [-0.4, -0.2) is 11.6 Å². The van der Waals surface area contributed by atoms with Crippen LogP contribution in [0.4, 0.5) is 5.13 Å². The van der Waals surface area contributed by atoms with Gasteiger partial charge in [-0.25, -0.2) is 4.98 Å². The molecule has 5 heteroatoms. The molecule has 1 aromatic heterocycles. The van der Waals surface area contributed by atoms with Crippen LogP contribution in [0, 0.1) is 0 Å². The highest BCUT2D eigenvalue weighted by Crippen LogP contribution is 2.34. The zero-order valence-corrected chi connectivity index (χ0v) is 11.4. The first-order valence-corrected chi connectivity index (χ1v) is 7.09. The maximum Gasteiger partial charge on any atom is 0.184 e. The number of nitrogens with zero attached hydrogens (tertiary/aromatic N) is 1. The topological polar surface area (TPSA) is 34.1 Å². The van der Waals surface area contributed by atoms with Crippen LogP contribution in [-0.2, 0) is 0 Å². The third-order valence-electron chi connectivity index (χ3n) is 2.73. The van der Waals surface area contributed by atoms with Crippen LogP contribution in [0.5, 0.6) is 5.75 Å². The summed E-state index contributed by atoms with van der Waals surface area (Å²) in [6.07, 6.45) is 0.966. The van der Waals surface area contributed by atoms with Crippen LogP contribution >= 0.6 is 27.3 Å². The maximum absolute atomic E-state index is 5.63. The van der Waals surface area contributed by atoms with Gasteiger partial charge >= 0.3 is 0 Å². The summed E-state index contributed by atoms with van der Waals surface area (Å²) in [5.41, 5.74) is 1.21. The second-order valence-corrected chi connectivity index (χ2v) is 5.52. The third kappa shape index (κ3) is 2.30. The molecule has 0 bridgehead atoms. The van der Waals surface area contributed by atoms with E-state index < -0.39 is 0 Å². The molecule has 0 fully saturated rings. The number of thiazole rings is 1. The first kappa shape index (κ1) is 11.0. The van der Waals surface area contributed by atoms with Gasteiger partial charge in [0.25, 0.3) is 0 Å². The first-order chi connectivity index (χ1) is 8.33. The molecule has 0 aliphatic carbocycles. The Bertz CT molecular complexity index is 529. The van der Waals surface area contributed by atoms with Crippen molar-refractivity contribution >= 4 is 32.4 Å². The highest BCUT2D eigenvalue weighted by Gasteiger charge is 2.21. The molecule has 0 amide bonds. The fraction of sp³-hybridized carbons (Fsp3) is 0.250. The van der Waals surface area contributed by atoms with Crippen molar-refractivity contribution in [1.29, 1.82) is 0 Å². The SMILES string of the molecule is Brc1csc(NC2CCOc3ccccc32)n1. The van der Waals surface area contributed by atoms with E-state index in [0.717, 1.165) is 28.5 Å². The van der Waals surface area contributed by atoms with Crippen molar-refractivity contribution in [2.75, 3.05) is 11.9 Å². The zero-order valence-electron chi connectivity index (χ0n) is 9.02. The number of hydrogen-bond acceptors (Lipinski definition) is 4. The van der Waals surface area contributed by atoms with Crippen molar-refractivity contribution in [2.45, 2.75) is 12.5 Å². The molecular formula is C12H11BrN2OS.